The van der Waals surface area contributed by atoms with E-state index in [1.807, 2.05) is 0 Å². The summed E-state index contributed by atoms with van der Waals surface area (Å²) in [4.78, 5) is 0. The molecule has 0 aromatic carbocycles. The molecule has 0 atom stereocenters. The van der Waals surface area contributed by atoms with E-state index in [2.05, 4.69) is 32.2 Å². The van der Waals surface area contributed by atoms with E-state index in [1.165, 1.54) is 24.8 Å². The van der Waals surface area contributed by atoms with Crippen LogP contribution in [0.25, 0.3) is 0 Å². The Hall–Kier alpha value is -0.300. The molecule has 70 valence electrons. The fourth-order valence-electron chi connectivity index (χ4n) is 1.11. The molecule has 0 heterocycles. The van der Waals surface area contributed by atoms with Gasteiger partial charge in [0.15, 0.2) is 0 Å². The average molecular weight is 167 g/mol. The molecule has 1 nitrogen and oxygen atoms in total. The number of allylic oxidation sites excluding steroid dienone is 1. The molecule has 0 radical (unpaired) electrons. The van der Waals surface area contributed by atoms with Gasteiger partial charge in [0.25, 0.3) is 0 Å². The quantitative estimate of drug-likeness (QED) is 0.490. The zero-order valence-corrected chi connectivity index (χ0v) is 8.56. The second-order valence-corrected chi connectivity index (χ2v) is 4.12. The Morgan fingerprint density at radius 3 is 2.67 bits per heavy atom. The molecule has 0 unspecified atom stereocenters. The van der Waals surface area contributed by atoms with Gasteiger partial charge in [0.1, 0.15) is 0 Å². The van der Waals surface area contributed by atoms with Crippen molar-refractivity contribution in [3.8, 4) is 0 Å². The van der Waals surface area contributed by atoms with E-state index in [-0.39, 0.29) is 0 Å². The zero-order valence-electron chi connectivity index (χ0n) is 8.56. The highest BCUT2D eigenvalue weighted by Gasteiger charge is 2.19. The minimum atomic E-state index is 0.714. The highest BCUT2D eigenvalue weighted by atomic mass is 14.9. The molecule has 0 spiro atoms. The van der Waals surface area contributed by atoms with Crippen molar-refractivity contribution in [2.24, 2.45) is 5.92 Å². The second-order valence-electron chi connectivity index (χ2n) is 4.12. The fourth-order valence-corrected chi connectivity index (χ4v) is 1.11. The molecule has 12 heavy (non-hydrogen) atoms. The minimum absolute atomic E-state index is 0.714. The monoisotopic (exact) mass is 167 g/mol. The highest BCUT2D eigenvalue weighted by molar-refractivity contribution is 5.00. The van der Waals surface area contributed by atoms with E-state index in [0.717, 1.165) is 12.6 Å². The first kappa shape index (κ1) is 9.79. The van der Waals surface area contributed by atoms with E-state index < -0.39 is 0 Å². The standard InChI is InChI=1S/C11H21N/c1-9(2)10(3)5-4-8-12-11-6-7-11/h5,9,11-12H,4,6-8H2,1-3H3. The topological polar surface area (TPSA) is 12.0 Å². The largest absolute Gasteiger partial charge is 0.314 e. The van der Waals surface area contributed by atoms with Crippen molar-refractivity contribution in [2.75, 3.05) is 6.54 Å². The molecule has 1 N–H and O–H groups in total. The Morgan fingerprint density at radius 2 is 2.17 bits per heavy atom. The molecular weight excluding hydrogens is 146 g/mol. The molecule has 1 heteroatoms. The van der Waals surface area contributed by atoms with E-state index in [9.17, 15) is 0 Å². The summed E-state index contributed by atoms with van der Waals surface area (Å²) in [5.74, 6) is 0.714. The predicted molar refractivity (Wildman–Crippen MR) is 54.2 cm³/mol. The molecule has 1 saturated carbocycles. The number of hydrogen-bond donors (Lipinski definition) is 1. The molecule has 0 aromatic heterocycles. The fraction of sp³-hybridized carbons (Fsp3) is 0.818. The maximum absolute atomic E-state index is 3.51. The lowest BCUT2D eigenvalue weighted by Crippen LogP contribution is -2.16. The van der Waals surface area contributed by atoms with Crippen molar-refractivity contribution in [1.82, 2.24) is 5.32 Å². The van der Waals surface area contributed by atoms with Crippen LogP contribution in [-0.2, 0) is 0 Å². The van der Waals surface area contributed by atoms with Gasteiger partial charge in [-0.15, -0.1) is 0 Å². The smallest absolute Gasteiger partial charge is 0.00683 e. The molecule has 0 bridgehead atoms. The first-order chi connectivity index (χ1) is 5.70. The summed E-state index contributed by atoms with van der Waals surface area (Å²) in [5, 5.41) is 3.51. The van der Waals surface area contributed by atoms with Crippen LogP contribution in [0.4, 0.5) is 0 Å². The summed E-state index contributed by atoms with van der Waals surface area (Å²) in [6.07, 6.45) is 6.35. The Kier molecular flexibility index (Phi) is 3.80. The van der Waals surface area contributed by atoms with Crippen LogP contribution in [0.5, 0.6) is 0 Å². The van der Waals surface area contributed by atoms with Gasteiger partial charge in [-0.3, -0.25) is 0 Å². The third-order valence-electron chi connectivity index (χ3n) is 2.53. The number of hydrogen-bond acceptors (Lipinski definition) is 1. The van der Waals surface area contributed by atoms with E-state index in [1.54, 1.807) is 0 Å². The van der Waals surface area contributed by atoms with Crippen LogP contribution in [0.2, 0.25) is 0 Å². The predicted octanol–water partition coefficient (Wildman–Crippen LogP) is 2.73. The second kappa shape index (κ2) is 4.66. The van der Waals surface area contributed by atoms with Crippen LogP contribution in [-0.4, -0.2) is 12.6 Å². The van der Waals surface area contributed by atoms with Crippen molar-refractivity contribution in [3.05, 3.63) is 11.6 Å². The van der Waals surface area contributed by atoms with Gasteiger partial charge in [-0.2, -0.15) is 0 Å². The van der Waals surface area contributed by atoms with Gasteiger partial charge < -0.3 is 5.32 Å². The molecular formula is C11H21N. The molecule has 1 aliphatic carbocycles. The van der Waals surface area contributed by atoms with Gasteiger partial charge in [-0.05, 0) is 38.6 Å². The molecule has 0 aromatic rings. The van der Waals surface area contributed by atoms with Crippen molar-refractivity contribution >= 4 is 0 Å². The lowest BCUT2D eigenvalue weighted by Gasteiger charge is -2.04. The lowest BCUT2D eigenvalue weighted by molar-refractivity contribution is 0.681. The molecule has 1 fully saturated rings. The summed E-state index contributed by atoms with van der Waals surface area (Å²) in [7, 11) is 0. The maximum atomic E-state index is 3.51. The van der Waals surface area contributed by atoms with Crippen molar-refractivity contribution in [2.45, 2.75) is 46.1 Å². The molecule has 0 aliphatic heterocycles. The van der Waals surface area contributed by atoms with Crippen LogP contribution in [0, 0.1) is 5.92 Å². The third-order valence-corrected chi connectivity index (χ3v) is 2.53. The van der Waals surface area contributed by atoms with Crippen LogP contribution in [0.1, 0.15) is 40.0 Å². The Morgan fingerprint density at radius 1 is 1.50 bits per heavy atom. The van der Waals surface area contributed by atoms with Crippen LogP contribution >= 0.6 is 0 Å². The zero-order chi connectivity index (χ0) is 8.97. The van der Waals surface area contributed by atoms with Gasteiger partial charge >= 0.3 is 0 Å². The van der Waals surface area contributed by atoms with Crippen LogP contribution in [0.3, 0.4) is 0 Å². The van der Waals surface area contributed by atoms with Gasteiger partial charge in [0.05, 0.1) is 0 Å². The molecule has 0 saturated heterocycles. The third kappa shape index (κ3) is 3.91. The highest BCUT2D eigenvalue weighted by Crippen LogP contribution is 2.18. The molecule has 1 aliphatic rings. The Labute approximate surface area is 76.2 Å². The Balaban J connectivity index is 2.02. The van der Waals surface area contributed by atoms with Crippen LogP contribution in [0.15, 0.2) is 11.6 Å². The minimum Gasteiger partial charge on any atom is -0.314 e. The van der Waals surface area contributed by atoms with Gasteiger partial charge in [0.2, 0.25) is 0 Å². The SMILES string of the molecule is CC(=CCCNC1CC1)C(C)C. The van der Waals surface area contributed by atoms with E-state index >= 15 is 0 Å². The summed E-state index contributed by atoms with van der Waals surface area (Å²) in [6, 6.07) is 0.859. The summed E-state index contributed by atoms with van der Waals surface area (Å²) >= 11 is 0. The Bertz CT molecular complexity index is 154. The first-order valence-corrected chi connectivity index (χ1v) is 5.10. The lowest BCUT2D eigenvalue weighted by atomic mass is 10.0. The maximum Gasteiger partial charge on any atom is 0.00683 e. The summed E-state index contributed by atoms with van der Waals surface area (Å²) < 4.78 is 0. The number of rotatable bonds is 5. The van der Waals surface area contributed by atoms with Gasteiger partial charge in [-0.1, -0.05) is 25.5 Å². The molecule has 0 amide bonds. The van der Waals surface area contributed by atoms with E-state index in [0.29, 0.717) is 5.92 Å². The van der Waals surface area contributed by atoms with Crippen LogP contribution < -0.4 is 5.32 Å². The van der Waals surface area contributed by atoms with Crippen molar-refractivity contribution in [3.63, 3.8) is 0 Å². The van der Waals surface area contributed by atoms with Crippen molar-refractivity contribution < 1.29 is 0 Å². The average Bonchev–Trinajstić information content (AvgIpc) is 2.80. The normalized spacial score (nSPS) is 18.8. The number of nitrogens with one attached hydrogen (secondary N) is 1. The molecule has 1 rings (SSSR count). The van der Waals surface area contributed by atoms with Gasteiger partial charge in [0, 0.05) is 6.04 Å². The van der Waals surface area contributed by atoms with E-state index in [4.69, 9.17) is 0 Å². The van der Waals surface area contributed by atoms with Crippen molar-refractivity contribution in [1.29, 1.82) is 0 Å². The summed E-state index contributed by atoms with van der Waals surface area (Å²) in [6.45, 7) is 7.89. The van der Waals surface area contributed by atoms with Gasteiger partial charge in [-0.25, -0.2) is 0 Å². The summed E-state index contributed by atoms with van der Waals surface area (Å²) in [5.41, 5.74) is 1.52. The first-order valence-electron chi connectivity index (χ1n) is 5.10.